The normalized spacial score (nSPS) is 10.7. The Morgan fingerprint density at radius 3 is 2.57 bits per heavy atom. The van der Waals surface area contributed by atoms with Gasteiger partial charge in [0.25, 0.3) is 0 Å². The number of rotatable bonds is 6. The zero-order valence-corrected chi connectivity index (χ0v) is 14.4. The van der Waals surface area contributed by atoms with Gasteiger partial charge < -0.3 is 9.88 Å². The zero-order chi connectivity index (χ0) is 15.4. The summed E-state index contributed by atoms with van der Waals surface area (Å²) in [5, 5.41) is 3.43. The summed E-state index contributed by atoms with van der Waals surface area (Å²) in [6, 6.07) is 12.3. The quantitative estimate of drug-likeness (QED) is 0.723. The minimum atomic E-state index is 0. The lowest BCUT2D eigenvalue weighted by Gasteiger charge is -2.12. The molecule has 1 N–H and O–H groups in total. The number of benzene rings is 1. The van der Waals surface area contributed by atoms with Crippen LogP contribution in [0, 0.1) is 5.92 Å². The number of nitrogens with zero attached hydrogens (tertiary/aromatic N) is 3. The summed E-state index contributed by atoms with van der Waals surface area (Å²) in [7, 11) is 0. The average molecular weight is 331 g/mol. The van der Waals surface area contributed by atoms with Gasteiger partial charge >= 0.3 is 0 Å². The van der Waals surface area contributed by atoms with E-state index in [0.717, 1.165) is 36.5 Å². The van der Waals surface area contributed by atoms with Crippen LogP contribution in [-0.4, -0.2) is 14.5 Å². The predicted molar refractivity (Wildman–Crippen MR) is 98.0 cm³/mol. The van der Waals surface area contributed by atoms with E-state index in [1.807, 2.05) is 18.2 Å². The second-order valence-corrected chi connectivity index (χ2v) is 5.94. The Kier molecular flexibility index (Phi) is 5.99. The third kappa shape index (κ3) is 4.23. The number of fused-ring (bicyclic) bond motifs is 1. The fourth-order valence-electron chi connectivity index (χ4n) is 2.55. The molecule has 3 rings (SSSR count). The molecule has 23 heavy (non-hydrogen) atoms. The van der Waals surface area contributed by atoms with Crippen molar-refractivity contribution in [1.82, 2.24) is 14.5 Å². The first-order valence-corrected chi connectivity index (χ1v) is 7.82. The number of aryl methyl sites for hydroxylation is 1. The van der Waals surface area contributed by atoms with Gasteiger partial charge in [-0.15, -0.1) is 12.4 Å². The molecule has 0 atom stereocenters. The Morgan fingerprint density at radius 1 is 1.09 bits per heavy atom. The molecule has 0 unspecified atom stereocenters. The number of anilines is 1. The van der Waals surface area contributed by atoms with Gasteiger partial charge in [0.15, 0.2) is 0 Å². The summed E-state index contributed by atoms with van der Waals surface area (Å²) >= 11 is 0. The van der Waals surface area contributed by atoms with E-state index in [0.29, 0.717) is 5.92 Å². The van der Waals surface area contributed by atoms with Crippen molar-refractivity contribution < 1.29 is 0 Å². The number of imidazole rings is 1. The fraction of sp³-hybridized carbons (Fsp3) is 0.333. The van der Waals surface area contributed by atoms with Crippen LogP contribution in [0.25, 0.3) is 11.0 Å². The van der Waals surface area contributed by atoms with Crippen molar-refractivity contribution in [2.24, 2.45) is 5.92 Å². The van der Waals surface area contributed by atoms with Crippen LogP contribution in [0.2, 0.25) is 0 Å². The summed E-state index contributed by atoms with van der Waals surface area (Å²) < 4.78 is 2.34. The highest BCUT2D eigenvalue weighted by Gasteiger charge is 2.10. The van der Waals surface area contributed by atoms with Crippen LogP contribution in [0.1, 0.15) is 26.1 Å². The van der Waals surface area contributed by atoms with Gasteiger partial charge in [0.1, 0.15) is 5.82 Å². The third-order valence-electron chi connectivity index (χ3n) is 3.79. The Bertz CT molecular complexity index is 737. The largest absolute Gasteiger partial charge is 0.378 e. The Morgan fingerprint density at radius 2 is 1.83 bits per heavy atom. The maximum Gasteiger partial charge on any atom is 0.129 e. The smallest absolute Gasteiger partial charge is 0.129 e. The first-order chi connectivity index (χ1) is 10.7. The molecule has 0 bridgehead atoms. The number of halogens is 1. The highest BCUT2D eigenvalue weighted by molar-refractivity contribution is 5.85. The summed E-state index contributed by atoms with van der Waals surface area (Å²) in [6.07, 6.45) is 4.75. The van der Waals surface area contributed by atoms with Crippen LogP contribution >= 0.6 is 12.4 Å². The molecule has 2 aromatic heterocycles. The zero-order valence-electron chi connectivity index (χ0n) is 13.6. The molecule has 0 aliphatic heterocycles. The summed E-state index contributed by atoms with van der Waals surface area (Å²) in [4.78, 5) is 8.83. The van der Waals surface area contributed by atoms with Crippen molar-refractivity contribution in [3.05, 3.63) is 54.6 Å². The van der Waals surface area contributed by atoms with E-state index in [1.54, 1.807) is 12.4 Å². The lowest BCUT2D eigenvalue weighted by atomic mass is 10.1. The molecule has 5 heteroatoms. The van der Waals surface area contributed by atoms with Crippen molar-refractivity contribution in [3.8, 4) is 0 Å². The lowest BCUT2D eigenvalue weighted by molar-refractivity contribution is 0.514. The Hall–Kier alpha value is -2.07. The molecule has 0 aliphatic rings. The van der Waals surface area contributed by atoms with Crippen molar-refractivity contribution in [2.75, 3.05) is 5.32 Å². The Balaban J connectivity index is 0.00000192. The molecule has 0 radical (unpaired) electrons. The number of pyridine rings is 1. The molecule has 0 fully saturated rings. The number of hydrogen-bond donors (Lipinski definition) is 1. The summed E-state index contributed by atoms with van der Waals surface area (Å²) in [5.41, 5.74) is 3.35. The van der Waals surface area contributed by atoms with Crippen molar-refractivity contribution in [1.29, 1.82) is 0 Å². The molecular weight excluding hydrogens is 308 g/mol. The molecule has 0 saturated carbocycles. The van der Waals surface area contributed by atoms with E-state index >= 15 is 0 Å². The first kappa shape index (κ1) is 17.3. The van der Waals surface area contributed by atoms with Crippen LogP contribution in [-0.2, 0) is 13.1 Å². The maximum absolute atomic E-state index is 4.79. The van der Waals surface area contributed by atoms with Crippen molar-refractivity contribution in [3.63, 3.8) is 0 Å². The van der Waals surface area contributed by atoms with Crippen LogP contribution in [0.3, 0.4) is 0 Å². The van der Waals surface area contributed by atoms with Gasteiger partial charge in [0, 0.05) is 24.6 Å². The number of aromatic nitrogens is 3. The highest BCUT2D eigenvalue weighted by Crippen LogP contribution is 2.19. The van der Waals surface area contributed by atoms with E-state index in [1.165, 1.54) is 5.52 Å². The van der Waals surface area contributed by atoms with Gasteiger partial charge in [-0.25, -0.2) is 4.98 Å². The second-order valence-electron chi connectivity index (χ2n) is 5.94. The van der Waals surface area contributed by atoms with Crippen LogP contribution in [0.5, 0.6) is 0 Å². The molecule has 0 saturated heterocycles. The predicted octanol–water partition coefficient (Wildman–Crippen LogP) is 4.51. The van der Waals surface area contributed by atoms with Gasteiger partial charge in [-0.2, -0.15) is 0 Å². The summed E-state index contributed by atoms with van der Waals surface area (Å²) in [6.45, 7) is 6.24. The first-order valence-electron chi connectivity index (χ1n) is 7.82. The molecule has 0 amide bonds. The highest BCUT2D eigenvalue weighted by atomic mass is 35.5. The van der Waals surface area contributed by atoms with Crippen LogP contribution < -0.4 is 5.32 Å². The van der Waals surface area contributed by atoms with Crippen molar-refractivity contribution in [2.45, 2.75) is 33.4 Å². The molecule has 3 aromatic rings. The van der Waals surface area contributed by atoms with E-state index in [4.69, 9.17) is 4.98 Å². The minimum Gasteiger partial charge on any atom is -0.378 e. The van der Waals surface area contributed by atoms with Gasteiger partial charge in [0.05, 0.1) is 17.6 Å². The van der Waals surface area contributed by atoms with E-state index in [9.17, 15) is 0 Å². The van der Waals surface area contributed by atoms with E-state index in [-0.39, 0.29) is 12.4 Å². The second kappa shape index (κ2) is 7.97. The molecule has 122 valence electrons. The molecule has 0 aliphatic carbocycles. The number of hydrogen-bond acceptors (Lipinski definition) is 3. The fourth-order valence-corrected chi connectivity index (χ4v) is 2.55. The SMILES string of the molecule is CC(C)CCn1c(CNc2ccncc2)nc2ccccc21.Cl. The molecule has 2 heterocycles. The summed E-state index contributed by atoms with van der Waals surface area (Å²) in [5.74, 6) is 1.76. The molecular formula is C18H23ClN4. The lowest BCUT2D eigenvalue weighted by Crippen LogP contribution is -2.10. The maximum atomic E-state index is 4.79. The molecule has 0 spiro atoms. The number of nitrogens with one attached hydrogen (secondary N) is 1. The molecule has 4 nitrogen and oxygen atoms in total. The molecule has 1 aromatic carbocycles. The number of para-hydroxylation sites is 2. The average Bonchev–Trinajstić information content (AvgIpc) is 2.89. The monoisotopic (exact) mass is 330 g/mol. The van der Waals surface area contributed by atoms with Gasteiger partial charge in [-0.1, -0.05) is 26.0 Å². The van der Waals surface area contributed by atoms with E-state index in [2.05, 4.69) is 46.9 Å². The van der Waals surface area contributed by atoms with Crippen LogP contribution in [0.4, 0.5) is 5.69 Å². The van der Waals surface area contributed by atoms with Crippen molar-refractivity contribution >= 4 is 29.1 Å². The van der Waals surface area contributed by atoms with E-state index < -0.39 is 0 Å². The topological polar surface area (TPSA) is 42.7 Å². The Labute approximate surface area is 143 Å². The standard InChI is InChI=1S/C18H22N4.ClH/c1-14(2)9-12-22-17-6-4-3-5-16(17)21-18(22)13-20-15-7-10-19-11-8-15;/h3-8,10-11,14H,9,12-13H2,1-2H3,(H,19,20);1H. The minimum absolute atomic E-state index is 0. The third-order valence-corrected chi connectivity index (χ3v) is 3.79. The van der Waals surface area contributed by atoms with Gasteiger partial charge in [0.2, 0.25) is 0 Å². The van der Waals surface area contributed by atoms with Crippen LogP contribution in [0.15, 0.2) is 48.8 Å². The van der Waals surface area contributed by atoms with Gasteiger partial charge in [-0.05, 0) is 36.6 Å². The van der Waals surface area contributed by atoms with Gasteiger partial charge in [-0.3, -0.25) is 4.98 Å².